The predicted molar refractivity (Wildman–Crippen MR) is 71.1 cm³/mol. The van der Waals surface area contributed by atoms with E-state index in [0.717, 1.165) is 17.8 Å². The van der Waals surface area contributed by atoms with Gasteiger partial charge in [-0.3, -0.25) is 0 Å². The maximum Gasteiger partial charge on any atom is -0.0323 e. The van der Waals surface area contributed by atoms with Gasteiger partial charge >= 0.3 is 0 Å². The van der Waals surface area contributed by atoms with E-state index in [1.54, 1.807) is 0 Å². The quantitative estimate of drug-likeness (QED) is 0.521. The largest absolute Gasteiger partial charge is 0.0651 e. The van der Waals surface area contributed by atoms with E-state index in [1.165, 1.54) is 25.7 Å². The predicted octanol–water partition coefficient (Wildman–Crippen LogP) is 5.52. The van der Waals surface area contributed by atoms with Gasteiger partial charge in [0.2, 0.25) is 0 Å². The second-order valence-corrected chi connectivity index (χ2v) is 6.12. The highest BCUT2D eigenvalue weighted by Gasteiger charge is 2.30. The highest BCUT2D eigenvalue weighted by Crippen LogP contribution is 2.40. The molecule has 0 rings (SSSR count). The number of rotatable bonds is 7. The summed E-state index contributed by atoms with van der Waals surface area (Å²) in [5.41, 5.74) is 0.522. The highest BCUT2D eigenvalue weighted by atomic mass is 14.4. The summed E-state index contributed by atoms with van der Waals surface area (Å²) in [7, 11) is 0. The van der Waals surface area contributed by atoms with Crippen molar-refractivity contribution in [1.29, 1.82) is 0 Å². The molecule has 15 heavy (non-hydrogen) atoms. The second kappa shape index (κ2) is 6.55. The molecule has 0 heteroatoms. The molecule has 0 aliphatic carbocycles. The first-order valence-corrected chi connectivity index (χ1v) is 6.88. The Morgan fingerprint density at radius 2 is 1.33 bits per heavy atom. The Bertz CT molecular complexity index is 151. The molecule has 0 nitrogen and oxygen atoms in total. The molecular formula is C15H32. The second-order valence-electron chi connectivity index (χ2n) is 6.12. The van der Waals surface area contributed by atoms with Gasteiger partial charge in [-0.2, -0.15) is 0 Å². The van der Waals surface area contributed by atoms with Crippen molar-refractivity contribution in [3.05, 3.63) is 0 Å². The van der Waals surface area contributed by atoms with E-state index in [-0.39, 0.29) is 0 Å². The Balaban J connectivity index is 4.44. The van der Waals surface area contributed by atoms with Crippen LogP contribution in [0, 0.1) is 23.2 Å². The van der Waals surface area contributed by atoms with Gasteiger partial charge < -0.3 is 0 Å². The Morgan fingerprint density at radius 1 is 0.867 bits per heavy atom. The maximum atomic E-state index is 2.47. The normalized spacial score (nSPS) is 15.0. The minimum absolute atomic E-state index is 0.522. The molecule has 0 N–H and O–H groups in total. The van der Waals surface area contributed by atoms with Crippen LogP contribution in [0.3, 0.4) is 0 Å². The van der Waals surface area contributed by atoms with Crippen molar-refractivity contribution >= 4 is 0 Å². The van der Waals surface area contributed by atoms with E-state index in [0.29, 0.717) is 5.41 Å². The minimum Gasteiger partial charge on any atom is -0.0651 e. The third-order valence-electron chi connectivity index (χ3n) is 4.35. The van der Waals surface area contributed by atoms with E-state index < -0.39 is 0 Å². The van der Waals surface area contributed by atoms with Gasteiger partial charge in [0.1, 0.15) is 0 Å². The molecule has 0 saturated heterocycles. The monoisotopic (exact) mass is 212 g/mol. The molecule has 0 heterocycles. The topological polar surface area (TPSA) is 0 Å². The molecule has 0 aromatic carbocycles. The average molecular weight is 212 g/mol. The first-order chi connectivity index (χ1) is 6.88. The molecule has 0 aromatic heterocycles. The maximum absolute atomic E-state index is 2.47. The fraction of sp³-hybridized carbons (Fsp3) is 1.00. The Kier molecular flexibility index (Phi) is 6.55. The molecule has 0 aromatic rings. The highest BCUT2D eigenvalue weighted by molar-refractivity contribution is 4.80. The van der Waals surface area contributed by atoms with Crippen LogP contribution in [0.4, 0.5) is 0 Å². The molecule has 0 radical (unpaired) electrons. The summed E-state index contributed by atoms with van der Waals surface area (Å²) in [5.74, 6) is 2.63. The summed E-state index contributed by atoms with van der Waals surface area (Å²) in [6.45, 7) is 16.7. The van der Waals surface area contributed by atoms with E-state index in [9.17, 15) is 0 Å². The van der Waals surface area contributed by atoms with Gasteiger partial charge in [-0.25, -0.2) is 0 Å². The summed E-state index contributed by atoms with van der Waals surface area (Å²) >= 11 is 0. The summed E-state index contributed by atoms with van der Waals surface area (Å²) in [6.07, 6.45) is 5.39. The van der Waals surface area contributed by atoms with Crippen molar-refractivity contribution in [3.63, 3.8) is 0 Å². The lowest BCUT2D eigenvalue weighted by Gasteiger charge is -2.37. The molecular weight excluding hydrogens is 180 g/mol. The summed E-state index contributed by atoms with van der Waals surface area (Å²) in [4.78, 5) is 0. The van der Waals surface area contributed by atoms with Crippen molar-refractivity contribution in [1.82, 2.24) is 0 Å². The van der Waals surface area contributed by atoms with Gasteiger partial charge in [0.15, 0.2) is 0 Å². The number of hydrogen-bond acceptors (Lipinski definition) is 0. The van der Waals surface area contributed by atoms with Gasteiger partial charge in [0.05, 0.1) is 0 Å². The zero-order valence-corrected chi connectivity index (χ0v) is 12.1. The van der Waals surface area contributed by atoms with Crippen LogP contribution in [0.1, 0.15) is 74.1 Å². The average Bonchev–Trinajstić information content (AvgIpc) is 2.15. The van der Waals surface area contributed by atoms with Crippen LogP contribution < -0.4 is 0 Å². The lowest BCUT2D eigenvalue weighted by atomic mass is 9.68. The Hall–Kier alpha value is 0. The zero-order chi connectivity index (χ0) is 12.1. The van der Waals surface area contributed by atoms with Gasteiger partial charge in [-0.15, -0.1) is 0 Å². The molecule has 0 aliphatic heterocycles. The van der Waals surface area contributed by atoms with Gasteiger partial charge in [0.25, 0.3) is 0 Å². The van der Waals surface area contributed by atoms with Gasteiger partial charge in [-0.05, 0) is 29.6 Å². The zero-order valence-electron chi connectivity index (χ0n) is 12.1. The smallest absolute Gasteiger partial charge is 0.0323 e. The molecule has 0 spiro atoms. The van der Waals surface area contributed by atoms with Gasteiger partial charge in [0, 0.05) is 0 Å². The summed E-state index contributed by atoms with van der Waals surface area (Å²) < 4.78 is 0. The lowest BCUT2D eigenvalue weighted by Crippen LogP contribution is -2.27. The van der Waals surface area contributed by atoms with Crippen molar-refractivity contribution in [2.75, 3.05) is 0 Å². The summed E-state index contributed by atoms with van der Waals surface area (Å²) in [5, 5.41) is 0. The van der Waals surface area contributed by atoms with Crippen molar-refractivity contribution in [2.24, 2.45) is 23.2 Å². The van der Waals surface area contributed by atoms with Crippen molar-refractivity contribution in [2.45, 2.75) is 74.1 Å². The van der Waals surface area contributed by atoms with Crippen molar-refractivity contribution in [3.8, 4) is 0 Å². The van der Waals surface area contributed by atoms with Crippen LogP contribution in [-0.2, 0) is 0 Å². The molecule has 0 saturated carbocycles. The van der Waals surface area contributed by atoms with Crippen molar-refractivity contribution < 1.29 is 0 Å². The van der Waals surface area contributed by atoms with Crippen LogP contribution in [0.5, 0.6) is 0 Å². The first kappa shape index (κ1) is 15.0. The van der Waals surface area contributed by atoms with Crippen LogP contribution in [0.2, 0.25) is 0 Å². The third-order valence-corrected chi connectivity index (χ3v) is 4.35. The molecule has 0 aliphatic rings. The van der Waals surface area contributed by atoms with Crippen LogP contribution in [0.25, 0.3) is 0 Å². The minimum atomic E-state index is 0.522. The molecule has 92 valence electrons. The van der Waals surface area contributed by atoms with Gasteiger partial charge in [-0.1, -0.05) is 67.7 Å². The number of hydrogen-bond donors (Lipinski definition) is 0. The fourth-order valence-electron chi connectivity index (χ4n) is 3.09. The molecule has 0 fully saturated rings. The Morgan fingerprint density at radius 3 is 1.60 bits per heavy atom. The van der Waals surface area contributed by atoms with Crippen LogP contribution in [-0.4, -0.2) is 0 Å². The first-order valence-electron chi connectivity index (χ1n) is 6.88. The lowest BCUT2D eigenvalue weighted by molar-refractivity contribution is 0.131. The molecule has 0 amide bonds. The van der Waals surface area contributed by atoms with E-state index in [2.05, 4.69) is 48.5 Å². The third kappa shape index (κ3) is 4.57. The van der Waals surface area contributed by atoms with E-state index in [1.807, 2.05) is 0 Å². The molecule has 1 atom stereocenters. The van der Waals surface area contributed by atoms with E-state index >= 15 is 0 Å². The van der Waals surface area contributed by atoms with E-state index in [4.69, 9.17) is 0 Å². The Labute approximate surface area is 97.8 Å². The van der Waals surface area contributed by atoms with Crippen LogP contribution >= 0.6 is 0 Å². The molecule has 1 unspecified atom stereocenters. The molecule has 0 bridgehead atoms. The SMILES string of the molecule is CCC(CC(C)(C)C(CC)CC)C(C)C. The standard InChI is InChI=1S/C15H32/c1-8-13(12(4)5)11-15(6,7)14(9-2)10-3/h12-14H,8-11H2,1-7H3. The summed E-state index contributed by atoms with van der Waals surface area (Å²) in [6, 6.07) is 0. The fourth-order valence-corrected chi connectivity index (χ4v) is 3.09. The van der Waals surface area contributed by atoms with Crippen LogP contribution in [0.15, 0.2) is 0 Å².